The lowest BCUT2D eigenvalue weighted by Gasteiger charge is -2.18. The maximum Gasteiger partial charge on any atom is 0.220 e. The van der Waals surface area contributed by atoms with E-state index in [2.05, 4.69) is 5.32 Å². The quantitative estimate of drug-likeness (QED) is 0.710. The van der Waals surface area contributed by atoms with Crippen LogP contribution in [0.1, 0.15) is 52.9 Å². The fourth-order valence-corrected chi connectivity index (χ4v) is 2.86. The molecule has 5 heteroatoms. The minimum absolute atomic E-state index is 0.0279. The molecule has 1 unspecified atom stereocenters. The summed E-state index contributed by atoms with van der Waals surface area (Å²) in [5.41, 5.74) is 3.69. The van der Waals surface area contributed by atoms with Gasteiger partial charge < -0.3 is 14.8 Å². The van der Waals surface area contributed by atoms with Gasteiger partial charge in [-0.2, -0.15) is 0 Å². The second-order valence-corrected chi connectivity index (χ2v) is 6.62. The fourth-order valence-electron chi connectivity index (χ4n) is 2.86. The van der Waals surface area contributed by atoms with Crippen LogP contribution in [0.3, 0.4) is 0 Å². The zero-order valence-electron chi connectivity index (χ0n) is 16.6. The Hall–Kier alpha value is -2.82. The van der Waals surface area contributed by atoms with E-state index in [-0.39, 0.29) is 30.6 Å². The van der Waals surface area contributed by atoms with E-state index in [4.69, 9.17) is 9.47 Å². The van der Waals surface area contributed by atoms with E-state index < -0.39 is 0 Å². The van der Waals surface area contributed by atoms with E-state index in [1.807, 2.05) is 45.0 Å². The van der Waals surface area contributed by atoms with Crippen molar-refractivity contribution in [2.45, 2.75) is 39.7 Å². The predicted octanol–water partition coefficient (Wildman–Crippen LogP) is 4.16. The van der Waals surface area contributed by atoms with Crippen LogP contribution in [-0.4, -0.2) is 25.9 Å². The Kier molecular flexibility index (Phi) is 6.99. The minimum Gasteiger partial charge on any atom is -0.497 e. The van der Waals surface area contributed by atoms with Crippen LogP contribution >= 0.6 is 0 Å². The highest BCUT2D eigenvalue weighted by atomic mass is 16.5. The molecule has 2 aromatic rings. The lowest BCUT2D eigenvalue weighted by Crippen LogP contribution is -2.27. The molecule has 0 fully saturated rings. The van der Waals surface area contributed by atoms with Crippen molar-refractivity contribution >= 4 is 11.7 Å². The average Bonchev–Trinajstić information content (AvgIpc) is 2.67. The summed E-state index contributed by atoms with van der Waals surface area (Å²) in [6.07, 6.45) is 0.318. The van der Waals surface area contributed by atoms with Crippen LogP contribution in [0.4, 0.5) is 0 Å². The Morgan fingerprint density at radius 1 is 0.963 bits per heavy atom. The van der Waals surface area contributed by atoms with Gasteiger partial charge in [0.15, 0.2) is 5.78 Å². The molecular formula is C22H27NO4. The third-order valence-electron chi connectivity index (χ3n) is 4.69. The molecular weight excluding hydrogens is 342 g/mol. The molecule has 0 saturated carbocycles. The van der Waals surface area contributed by atoms with Crippen LogP contribution < -0.4 is 14.8 Å². The monoisotopic (exact) mass is 369 g/mol. The first-order valence-electron chi connectivity index (χ1n) is 8.97. The third kappa shape index (κ3) is 5.33. The van der Waals surface area contributed by atoms with Crippen LogP contribution in [0.2, 0.25) is 0 Å². The van der Waals surface area contributed by atoms with Crippen molar-refractivity contribution in [3.05, 3.63) is 58.7 Å². The van der Waals surface area contributed by atoms with Crippen LogP contribution in [0.25, 0.3) is 0 Å². The number of benzene rings is 2. The summed E-state index contributed by atoms with van der Waals surface area (Å²) >= 11 is 0. The van der Waals surface area contributed by atoms with Gasteiger partial charge >= 0.3 is 0 Å². The standard InChI is InChI=1S/C22H27NO4/c1-14-6-7-17(12-15(14)2)20(24)9-11-22(25)23-16(3)19-13-18(26-4)8-10-21(19)27-5/h6-8,10,12-13,16H,9,11H2,1-5H3,(H,23,25). The van der Waals surface area contributed by atoms with Crippen LogP contribution in [0.15, 0.2) is 36.4 Å². The Morgan fingerprint density at radius 3 is 2.33 bits per heavy atom. The van der Waals surface area contributed by atoms with Crippen molar-refractivity contribution in [1.82, 2.24) is 5.32 Å². The van der Waals surface area contributed by atoms with Crippen molar-refractivity contribution in [3.8, 4) is 11.5 Å². The molecule has 27 heavy (non-hydrogen) atoms. The van der Waals surface area contributed by atoms with E-state index in [0.717, 1.165) is 16.7 Å². The number of nitrogens with one attached hydrogen (secondary N) is 1. The van der Waals surface area contributed by atoms with Gasteiger partial charge in [0.1, 0.15) is 11.5 Å². The van der Waals surface area contributed by atoms with Crippen LogP contribution in [0, 0.1) is 13.8 Å². The fraction of sp³-hybridized carbons (Fsp3) is 0.364. The lowest BCUT2D eigenvalue weighted by atomic mass is 10.0. The number of carbonyl (C=O) groups excluding carboxylic acids is 2. The number of rotatable bonds is 8. The molecule has 0 spiro atoms. The Labute approximate surface area is 160 Å². The summed E-state index contributed by atoms with van der Waals surface area (Å²) in [4.78, 5) is 24.6. The number of carbonyl (C=O) groups is 2. The molecule has 144 valence electrons. The zero-order chi connectivity index (χ0) is 20.0. The molecule has 1 atom stereocenters. The molecule has 0 saturated heterocycles. The summed E-state index contributed by atoms with van der Waals surface area (Å²) in [6.45, 7) is 5.85. The molecule has 0 heterocycles. The first-order chi connectivity index (χ1) is 12.8. The van der Waals surface area contributed by atoms with E-state index >= 15 is 0 Å². The summed E-state index contributed by atoms with van der Waals surface area (Å²) in [5, 5.41) is 2.92. The van der Waals surface area contributed by atoms with Gasteiger partial charge in [0.05, 0.1) is 20.3 Å². The molecule has 0 aliphatic heterocycles. The normalized spacial score (nSPS) is 11.6. The number of aryl methyl sites for hydroxylation is 2. The number of ether oxygens (including phenoxy) is 2. The largest absolute Gasteiger partial charge is 0.497 e. The van der Waals surface area contributed by atoms with Gasteiger partial charge in [0.2, 0.25) is 5.91 Å². The van der Waals surface area contributed by atoms with Gasteiger partial charge in [0.25, 0.3) is 0 Å². The van der Waals surface area contributed by atoms with Crippen LogP contribution in [0.5, 0.6) is 11.5 Å². The van der Waals surface area contributed by atoms with Gasteiger partial charge in [-0.25, -0.2) is 0 Å². The van der Waals surface area contributed by atoms with Gasteiger partial charge in [-0.1, -0.05) is 12.1 Å². The highest BCUT2D eigenvalue weighted by Gasteiger charge is 2.16. The summed E-state index contributed by atoms with van der Waals surface area (Å²) in [6, 6.07) is 10.8. The second kappa shape index (κ2) is 9.21. The predicted molar refractivity (Wildman–Crippen MR) is 106 cm³/mol. The van der Waals surface area contributed by atoms with E-state index in [1.165, 1.54) is 0 Å². The summed E-state index contributed by atoms with van der Waals surface area (Å²) < 4.78 is 10.6. The zero-order valence-corrected chi connectivity index (χ0v) is 16.6. The molecule has 5 nitrogen and oxygen atoms in total. The Balaban J connectivity index is 1.97. The summed E-state index contributed by atoms with van der Waals surface area (Å²) in [5.74, 6) is 1.16. The van der Waals surface area contributed by atoms with Crippen molar-refractivity contribution in [2.24, 2.45) is 0 Å². The molecule has 0 aliphatic carbocycles. The van der Waals surface area contributed by atoms with E-state index in [9.17, 15) is 9.59 Å². The van der Waals surface area contributed by atoms with Gasteiger partial charge in [-0.3, -0.25) is 9.59 Å². The molecule has 2 rings (SSSR count). The first-order valence-corrected chi connectivity index (χ1v) is 8.97. The minimum atomic E-state index is -0.265. The van der Waals surface area contributed by atoms with Crippen molar-refractivity contribution in [3.63, 3.8) is 0 Å². The maximum absolute atomic E-state index is 12.3. The smallest absolute Gasteiger partial charge is 0.220 e. The number of amides is 1. The number of methoxy groups -OCH3 is 2. The number of hydrogen-bond donors (Lipinski definition) is 1. The highest BCUT2D eigenvalue weighted by molar-refractivity contribution is 5.98. The van der Waals surface area contributed by atoms with Gasteiger partial charge in [0, 0.05) is 24.0 Å². The molecule has 1 N–H and O–H groups in total. The van der Waals surface area contributed by atoms with Crippen LogP contribution in [-0.2, 0) is 4.79 Å². The van der Waals surface area contributed by atoms with Gasteiger partial charge in [-0.05, 0) is 56.2 Å². The lowest BCUT2D eigenvalue weighted by molar-refractivity contribution is -0.121. The molecule has 0 aromatic heterocycles. The van der Waals surface area contributed by atoms with Crippen molar-refractivity contribution in [1.29, 1.82) is 0 Å². The number of Topliss-reactive ketones (excluding diaryl/α,β-unsaturated/α-hetero) is 1. The molecule has 2 aromatic carbocycles. The molecule has 0 radical (unpaired) electrons. The topological polar surface area (TPSA) is 64.6 Å². The Morgan fingerprint density at radius 2 is 1.70 bits per heavy atom. The van der Waals surface area contributed by atoms with Gasteiger partial charge in [-0.15, -0.1) is 0 Å². The highest BCUT2D eigenvalue weighted by Crippen LogP contribution is 2.29. The summed E-state index contributed by atoms with van der Waals surface area (Å²) in [7, 11) is 3.18. The molecule has 0 bridgehead atoms. The maximum atomic E-state index is 12.3. The Bertz CT molecular complexity index is 829. The molecule has 1 amide bonds. The number of ketones is 1. The van der Waals surface area contributed by atoms with E-state index in [0.29, 0.717) is 17.1 Å². The third-order valence-corrected chi connectivity index (χ3v) is 4.69. The molecule has 0 aliphatic rings. The SMILES string of the molecule is COc1ccc(OC)c(C(C)NC(=O)CCC(=O)c2ccc(C)c(C)c2)c1. The average molecular weight is 369 g/mol. The van der Waals surface area contributed by atoms with Crippen molar-refractivity contribution in [2.75, 3.05) is 14.2 Å². The van der Waals surface area contributed by atoms with E-state index in [1.54, 1.807) is 26.4 Å². The first kappa shape index (κ1) is 20.5. The van der Waals surface area contributed by atoms with Crippen molar-refractivity contribution < 1.29 is 19.1 Å². The second-order valence-electron chi connectivity index (χ2n) is 6.62. The number of hydrogen-bond acceptors (Lipinski definition) is 4.